The van der Waals surface area contributed by atoms with Gasteiger partial charge in [0.25, 0.3) is 0 Å². The number of furan rings is 1. The Morgan fingerprint density at radius 1 is 1.19 bits per heavy atom. The third kappa shape index (κ3) is 3.03. The fourth-order valence-corrected chi connectivity index (χ4v) is 2.20. The van der Waals surface area contributed by atoms with Crippen molar-refractivity contribution >= 4 is 0 Å². The molecule has 0 unspecified atom stereocenters. The van der Waals surface area contributed by atoms with Crippen molar-refractivity contribution < 1.29 is 8.94 Å². The first kappa shape index (κ1) is 13.6. The quantitative estimate of drug-likeness (QED) is 0.777. The number of hydrogen-bond acceptors (Lipinski definition) is 5. The smallest absolute Gasteiger partial charge is 0.243 e. The molecule has 0 spiro atoms. The molecule has 0 fully saturated rings. The van der Waals surface area contributed by atoms with Crippen LogP contribution in [0.4, 0.5) is 0 Å². The number of nitrogens with zero attached hydrogens (tertiary/aromatic N) is 2. The molecular weight excluding hydrogens is 266 g/mol. The van der Waals surface area contributed by atoms with Crippen LogP contribution < -0.4 is 5.73 Å². The maximum absolute atomic E-state index is 6.13. The van der Waals surface area contributed by atoms with Crippen molar-refractivity contribution in [2.24, 2.45) is 5.73 Å². The topological polar surface area (TPSA) is 78.1 Å². The molecule has 5 nitrogen and oxygen atoms in total. The highest BCUT2D eigenvalue weighted by molar-refractivity contribution is 5.56. The summed E-state index contributed by atoms with van der Waals surface area (Å²) >= 11 is 0. The van der Waals surface area contributed by atoms with Gasteiger partial charge in [-0.2, -0.15) is 4.98 Å². The summed E-state index contributed by atoms with van der Waals surface area (Å²) in [5.41, 5.74) is 8.21. The lowest BCUT2D eigenvalue weighted by Crippen LogP contribution is -2.11. The molecule has 1 atom stereocenters. The normalized spacial score (nSPS) is 12.5. The zero-order chi connectivity index (χ0) is 14.7. The van der Waals surface area contributed by atoms with Gasteiger partial charge in [-0.05, 0) is 31.4 Å². The fraction of sp³-hybridized carbons (Fsp3) is 0.250. The van der Waals surface area contributed by atoms with Crippen molar-refractivity contribution in [3.63, 3.8) is 0 Å². The molecule has 0 bridgehead atoms. The number of aryl methyl sites for hydroxylation is 2. The van der Waals surface area contributed by atoms with E-state index in [1.54, 1.807) is 6.26 Å². The van der Waals surface area contributed by atoms with E-state index in [4.69, 9.17) is 14.7 Å². The Kier molecular flexibility index (Phi) is 3.83. The number of nitrogens with two attached hydrogens (primary N) is 1. The molecule has 3 rings (SSSR count). The van der Waals surface area contributed by atoms with Crippen molar-refractivity contribution in [3.8, 4) is 11.4 Å². The van der Waals surface area contributed by atoms with Crippen molar-refractivity contribution in [2.45, 2.75) is 25.8 Å². The third-order valence-corrected chi connectivity index (χ3v) is 3.45. The summed E-state index contributed by atoms with van der Waals surface area (Å²) in [7, 11) is 0. The van der Waals surface area contributed by atoms with E-state index in [0.717, 1.165) is 24.2 Å². The van der Waals surface area contributed by atoms with E-state index in [0.29, 0.717) is 11.7 Å². The van der Waals surface area contributed by atoms with Gasteiger partial charge in [0.2, 0.25) is 11.7 Å². The summed E-state index contributed by atoms with van der Waals surface area (Å²) in [4.78, 5) is 4.36. The predicted molar refractivity (Wildman–Crippen MR) is 78.4 cm³/mol. The lowest BCUT2D eigenvalue weighted by Gasteiger charge is -2.06. The number of hydrogen-bond donors (Lipinski definition) is 1. The van der Waals surface area contributed by atoms with Crippen molar-refractivity contribution in [3.05, 3.63) is 59.9 Å². The van der Waals surface area contributed by atoms with Gasteiger partial charge in [0.05, 0.1) is 17.9 Å². The molecule has 0 aliphatic carbocycles. The molecule has 2 N–H and O–H groups in total. The summed E-state index contributed by atoms with van der Waals surface area (Å²) in [6.45, 7) is 1.86. The van der Waals surface area contributed by atoms with Gasteiger partial charge in [0.15, 0.2) is 0 Å². The molecule has 2 aromatic heterocycles. The summed E-state index contributed by atoms with van der Waals surface area (Å²) in [5, 5.41) is 3.97. The molecule has 3 aromatic rings. The number of aromatic nitrogens is 2. The SMILES string of the molecule is Cc1occc1-c1noc([C@@H](N)CCc2ccccc2)n1. The lowest BCUT2D eigenvalue weighted by molar-refractivity contribution is 0.349. The van der Waals surface area contributed by atoms with Crippen LogP contribution in [0, 0.1) is 6.92 Å². The molecule has 5 heteroatoms. The predicted octanol–water partition coefficient (Wildman–Crippen LogP) is 3.27. The van der Waals surface area contributed by atoms with Gasteiger partial charge >= 0.3 is 0 Å². The van der Waals surface area contributed by atoms with E-state index >= 15 is 0 Å². The van der Waals surface area contributed by atoms with Crippen LogP contribution >= 0.6 is 0 Å². The first-order valence-corrected chi connectivity index (χ1v) is 6.91. The Bertz CT molecular complexity index is 703. The minimum absolute atomic E-state index is 0.265. The zero-order valence-electron chi connectivity index (χ0n) is 11.8. The number of rotatable bonds is 5. The van der Waals surface area contributed by atoms with Gasteiger partial charge in [-0.15, -0.1) is 0 Å². The van der Waals surface area contributed by atoms with Gasteiger partial charge in [-0.1, -0.05) is 35.5 Å². The highest BCUT2D eigenvalue weighted by Crippen LogP contribution is 2.23. The van der Waals surface area contributed by atoms with E-state index in [-0.39, 0.29) is 6.04 Å². The monoisotopic (exact) mass is 283 g/mol. The van der Waals surface area contributed by atoms with Gasteiger partial charge in [-0.3, -0.25) is 0 Å². The Labute approximate surface area is 122 Å². The zero-order valence-corrected chi connectivity index (χ0v) is 11.8. The summed E-state index contributed by atoms with van der Waals surface area (Å²) in [6.07, 6.45) is 3.25. The first-order valence-electron chi connectivity index (χ1n) is 6.91. The molecule has 0 aliphatic heterocycles. The second-order valence-electron chi connectivity index (χ2n) is 4.98. The van der Waals surface area contributed by atoms with Crippen LogP contribution in [0.15, 0.2) is 51.6 Å². The summed E-state index contributed by atoms with van der Waals surface area (Å²) in [5.74, 6) is 1.74. The van der Waals surface area contributed by atoms with Crippen LogP contribution in [0.2, 0.25) is 0 Å². The molecule has 0 radical (unpaired) electrons. The Morgan fingerprint density at radius 2 is 2.00 bits per heavy atom. The van der Waals surface area contributed by atoms with Crippen LogP contribution in [0.5, 0.6) is 0 Å². The third-order valence-electron chi connectivity index (χ3n) is 3.45. The van der Waals surface area contributed by atoms with E-state index in [1.807, 2.05) is 31.2 Å². The molecular formula is C16H17N3O2. The first-order chi connectivity index (χ1) is 10.2. The molecule has 0 saturated heterocycles. The molecule has 108 valence electrons. The Morgan fingerprint density at radius 3 is 2.71 bits per heavy atom. The summed E-state index contributed by atoms with van der Waals surface area (Å²) < 4.78 is 10.5. The summed E-state index contributed by atoms with van der Waals surface area (Å²) in [6, 6.07) is 11.8. The average molecular weight is 283 g/mol. The van der Waals surface area contributed by atoms with Crippen molar-refractivity contribution in [2.75, 3.05) is 0 Å². The maximum atomic E-state index is 6.13. The molecule has 0 saturated carbocycles. The standard InChI is InChI=1S/C16H17N3O2/c1-11-13(9-10-20-11)15-18-16(21-19-15)14(17)8-7-12-5-3-2-4-6-12/h2-6,9-10,14H,7-8,17H2,1H3/t14-/m0/s1. The minimum Gasteiger partial charge on any atom is -0.469 e. The molecule has 0 aliphatic rings. The molecule has 0 amide bonds. The largest absolute Gasteiger partial charge is 0.469 e. The molecule has 2 heterocycles. The highest BCUT2D eigenvalue weighted by Gasteiger charge is 2.17. The Hall–Kier alpha value is -2.40. The van der Waals surface area contributed by atoms with E-state index < -0.39 is 0 Å². The lowest BCUT2D eigenvalue weighted by atomic mass is 10.1. The molecule has 1 aromatic carbocycles. The van der Waals surface area contributed by atoms with Gasteiger partial charge in [0.1, 0.15) is 5.76 Å². The Balaban J connectivity index is 1.67. The fourth-order valence-electron chi connectivity index (χ4n) is 2.20. The van der Waals surface area contributed by atoms with Gasteiger partial charge in [-0.25, -0.2) is 0 Å². The van der Waals surface area contributed by atoms with Crippen LogP contribution in [0.1, 0.15) is 29.7 Å². The van der Waals surface area contributed by atoms with E-state index in [2.05, 4.69) is 22.3 Å². The van der Waals surface area contributed by atoms with E-state index in [1.165, 1.54) is 5.56 Å². The van der Waals surface area contributed by atoms with Gasteiger partial charge in [0, 0.05) is 0 Å². The van der Waals surface area contributed by atoms with Crippen LogP contribution in [0.25, 0.3) is 11.4 Å². The van der Waals surface area contributed by atoms with Crippen molar-refractivity contribution in [1.82, 2.24) is 10.1 Å². The highest BCUT2D eigenvalue weighted by atomic mass is 16.5. The second-order valence-corrected chi connectivity index (χ2v) is 4.98. The van der Waals surface area contributed by atoms with Crippen LogP contribution in [0.3, 0.4) is 0 Å². The molecule has 21 heavy (non-hydrogen) atoms. The average Bonchev–Trinajstić information content (AvgIpc) is 3.14. The van der Waals surface area contributed by atoms with Gasteiger partial charge < -0.3 is 14.7 Å². The van der Waals surface area contributed by atoms with Crippen molar-refractivity contribution in [1.29, 1.82) is 0 Å². The maximum Gasteiger partial charge on any atom is 0.243 e. The second kappa shape index (κ2) is 5.93. The minimum atomic E-state index is -0.265. The van der Waals surface area contributed by atoms with Crippen LogP contribution in [-0.4, -0.2) is 10.1 Å². The van der Waals surface area contributed by atoms with Crippen LogP contribution in [-0.2, 0) is 6.42 Å². The number of benzene rings is 1. The van der Waals surface area contributed by atoms with E-state index in [9.17, 15) is 0 Å².